The second-order valence-electron chi connectivity index (χ2n) is 3.69. The van der Waals surface area contributed by atoms with E-state index in [2.05, 4.69) is 55.4 Å². The second kappa shape index (κ2) is 6.76. The summed E-state index contributed by atoms with van der Waals surface area (Å²) in [4.78, 5) is 13.6. The topological polar surface area (TPSA) is 26.3 Å². The number of carbonyl (C=O) groups is 1. The predicted octanol–water partition coefficient (Wildman–Crippen LogP) is 4.99. The van der Waals surface area contributed by atoms with Gasteiger partial charge in [-0.05, 0) is 81.0 Å². The average molecular weight is 449 g/mol. The number of carbonyl (C=O) groups excluding carboxylic acids is 1. The number of rotatable bonds is 3. The first kappa shape index (κ1) is 14.9. The van der Waals surface area contributed by atoms with Crippen LogP contribution >= 0.6 is 50.3 Å². The third-order valence-corrected chi connectivity index (χ3v) is 5.72. The third-order valence-electron chi connectivity index (χ3n) is 2.40. The number of halogens is 2. The highest BCUT2D eigenvalue weighted by Crippen LogP contribution is 2.31. The zero-order valence-electron chi connectivity index (χ0n) is 10.0. The van der Waals surface area contributed by atoms with Gasteiger partial charge in [0.2, 0.25) is 0 Å². The Kier molecular flexibility index (Phi) is 5.29. The van der Waals surface area contributed by atoms with Crippen LogP contribution in [0, 0.1) is 3.57 Å². The molecule has 2 aromatic carbocycles. The molecule has 0 N–H and O–H groups in total. The Bertz CT molecular complexity index is 599. The largest absolute Gasteiger partial charge is 0.465 e. The molecule has 19 heavy (non-hydrogen) atoms. The number of benzene rings is 2. The number of methoxy groups -OCH3 is 1. The van der Waals surface area contributed by atoms with Gasteiger partial charge in [-0.3, -0.25) is 0 Å². The number of hydrogen-bond acceptors (Lipinski definition) is 3. The van der Waals surface area contributed by atoms with Gasteiger partial charge in [0, 0.05) is 17.8 Å². The molecule has 98 valence electrons. The Morgan fingerprint density at radius 2 is 1.79 bits per heavy atom. The molecule has 0 saturated heterocycles. The minimum absolute atomic E-state index is 0.310. The van der Waals surface area contributed by atoms with E-state index in [1.165, 1.54) is 15.6 Å². The van der Waals surface area contributed by atoms with Crippen molar-refractivity contribution in [2.24, 2.45) is 0 Å². The lowest BCUT2D eigenvalue weighted by atomic mass is 10.2. The quantitative estimate of drug-likeness (QED) is 0.488. The fraction of sp³-hybridized carbons (Fsp3) is 0.0714. The molecule has 0 amide bonds. The summed E-state index contributed by atoms with van der Waals surface area (Å²) >= 11 is 7.43. The Hall–Kier alpha value is -0.530. The molecule has 0 aliphatic heterocycles. The Morgan fingerprint density at radius 1 is 1.16 bits per heavy atom. The van der Waals surface area contributed by atoms with E-state index in [1.807, 2.05) is 18.2 Å². The normalized spacial score (nSPS) is 10.3. The lowest BCUT2D eigenvalue weighted by Crippen LogP contribution is -2.00. The van der Waals surface area contributed by atoms with Gasteiger partial charge in [0.1, 0.15) is 0 Å². The molecule has 0 fully saturated rings. The van der Waals surface area contributed by atoms with Gasteiger partial charge in [-0.1, -0.05) is 11.8 Å². The Labute approximate surface area is 138 Å². The van der Waals surface area contributed by atoms with Crippen LogP contribution < -0.4 is 0 Å². The van der Waals surface area contributed by atoms with Crippen LogP contribution in [0.15, 0.2) is 56.7 Å². The SMILES string of the molecule is COC(=O)c1ccc(Sc2ccc(Br)c(I)c2)cc1. The first-order chi connectivity index (χ1) is 9.10. The first-order valence-electron chi connectivity index (χ1n) is 5.41. The van der Waals surface area contributed by atoms with Crippen molar-refractivity contribution < 1.29 is 9.53 Å². The number of esters is 1. The van der Waals surface area contributed by atoms with E-state index >= 15 is 0 Å². The summed E-state index contributed by atoms with van der Waals surface area (Å²) in [5, 5.41) is 0. The highest BCUT2D eigenvalue weighted by molar-refractivity contribution is 14.1. The first-order valence-corrected chi connectivity index (χ1v) is 8.10. The standard InChI is InChI=1S/C14H10BrIO2S/c1-18-14(17)9-2-4-10(5-3-9)19-11-6-7-12(15)13(16)8-11/h2-8H,1H3. The van der Waals surface area contributed by atoms with Crippen molar-refractivity contribution in [1.82, 2.24) is 0 Å². The lowest BCUT2D eigenvalue weighted by molar-refractivity contribution is 0.0600. The van der Waals surface area contributed by atoms with Crippen molar-refractivity contribution in [3.63, 3.8) is 0 Å². The van der Waals surface area contributed by atoms with Crippen LogP contribution in [0.1, 0.15) is 10.4 Å². The van der Waals surface area contributed by atoms with Gasteiger partial charge < -0.3 is 4.74 Å². The maximum absolute atomic E-state index is 11.3. The zero-order chi connectivity index (χ0) is 13.8. The van der Waals surface area contributed by atoms with Crippen LogP contribution in [0.5, 0.6) is 0 Å². The molecule has 0 spiro atoms. The summed E-state index contributed by atoms with van der Waals surface area (Å²) in [6.07, 6.45) is 0. The summed E-state index contributed by atoms with van der Waals surface area (Å²) < 4.78 is 6.94. The van der Waals surface area contributed by atoms with E-state index in [-0.39, 0.29) is 5.97 Å². The van der Waals surface area contributed by atoms with Gasteiger partial charge in [0.25, 0.3) is 0 Å². The Morgan fingerprint density at radius 3 is 2.37 bits per heavy atom. The van der Waals surface area contributed by atoms with Gasteiger partial charge in [-0.25, -0.2) is 4.79 Å². The minimum Gasteiger partial charge on any atom is -0.465 e. The van der Waals surface area contributed by atoms with Crippen molar-refractivity contribution in [2.45, 2.75) is 9.79 Å². The van der Waals surface area contributed by atoms with Crippen LogP contribution in [0.3, 0.4) is 0 Å². The molecule has 0 aromatic heterocycles. The molecule has 0 unspecified atom stereocenters. The molecule has 0 heterocycles. The van der Waals surface area contributed by atoms with Crippen LogP contribution in [-0.2, 0) is 4.74 Å². The monoisotopic (exact) mass is 448 g/mol. The third kappa shape index (κ3) is 3.97. The zero-order valence-corrected chi connectivity index (χ0v) is 14.6. The highest BCUT2D eigenvalue weighted by Gasteiger charge is 2.05. The van der Waals surface area contributed by atoms with E-state index in [4.69, 9.17) is 0 Å². The summed E-state index contributed by atoms with van der Waals surface area (Å²) in [6.45, 7) is 0. The number of ether oxygens (including phenoxy) is 1. The van der Waals surface area contributed by atoms with E-state index in [0.717, 1.165) is 9.37 Å². The lowest BCUT2D eigenvalue weighted by Gasteiger charge is -2.04. The maximum Gasteiger partial charge on any atom is 0.337 e. The molecule has 2 rings (SSSR count). The van der Waals surface area contributed by atoms with Crippen LogP contribution in [-0.4, -0.2) is 13.1 Å². The molecule has 0 saturated carbocycles. The fourth-order valence-corrected chi connectivity index (χ4v) is 3.28. The summed E-state index contributed by atoms with van der Waals surface area (Å²) in [5.41, 5.74) is 0.567. The van der Waals surface area contributed by atoms with Crippen molar-refractivity contribution >= 4 is 56.3 Å². The molecule has 0 aliphatic rings. The molecule has 0 bridgehead atoms. The molecule has 0 atom stereocenters. The van der Waals surface area contributed by atoms with Crippen molar-refractivity contribution in [3.8, 4) is 0 Å². The summed E-state index contributed by atoms with van der Waals surface area (Å²) in [6, 6.07) is 13.6. The molecule has 5 heteroatoms. The smallest absolute Gasteiger partial charge is 0.337 e. The molecule has 2 nitrogen and oxygen atoms in total. The van der Waals surface area contributed by atoms with Crippen LogP contribution in [0.2, 0.25) is 0 Å². The van der Waals surface area contributed by atoms with Gasteiger partial charge in [-0.2, -0.15) is 0 Å². The fourth-order valence-electron chi connectivity index (χ4n) is 1.45. The second-order valence-corrected chi connectivity index (χ2v) is 6.86. The number of hydrogen-bond donors (Lipinski definition) is 0. The van der Waals surface area contributed by atoms with E-state index in [9.17, 15) is 4.79 Å². The van der Waals surface area contributed by atoms with E-state index in [1.54, 1.807) is 23.9 Å². The van der Waals surface area contributed by atoms with Gasteiger partial charge in [-0.15, -0.1) is 0 Å². The Balaban J connectivity index is 2.15. The van der Waals surface area contributed by atoms with Gasteiger partial charge in [0.05, 0.1) is 12.7 Å². The van der Waals surface area contributed by atoms with Crippen LogP contribution in [0.25, 0.3) is 0 Å². The van der Waals surface area contributed by atoms with Crippen molar-refractivity contribution in [3.05, 3.63) is 56.1 Å². The molecular weight excluding hydrogens is 439 g/mol. The van der Waals surface area contributed by atoms with Gasteiger partial charge in [0.15, 0.2) is 0 Å². The molecule has 0 aliphatic carbocycles. The molecular formula is C14H10BrIO2S. The maximum atomic E-state index is 11.3. The minimum atomic E-state index is -0.310. The van der Waals surface area contributed by atoms with Crippen molar-refractivity contribution in [1.29, 1.82) is 0 Å². The average Bonchev–Trinajstić information content (AvgIpc) is 2.43. The highest BCUT2D eigenvalue weighted by atomic mass is 127. The van der Waals surface area contributed by atoms with Gasteiger partial charge >= 0.3 is 5.97 Å². The van der Waals surface area contributed by atoms with E-state index in [0.29, 0.717) is 5.56 Å². The van der Waals surface area contributed by atoms with E-state index < -0.39 is 0 Å². The van der Waals surface area contributed by atoms with Crippen molar-refractivity contribution in [2.75, 3.05) is 7.11 Å². The predicted molar refractivity (Wildman–Crippen MR) is 88.8 cm³/mol. The molecule has 0 radical (unpaired) electrons. The van der Waals surface area contributed by atoms with Crippen LogP contribution in [0.4, 0.5) is 0 Å². The summed E-state index contributed by atoms with van der Waals surface area (Å²) in [5.74, 6) is -0.310. The summed E-state index contributed by atoms with van der Waals surface area (Å²) in [7, 11) is 1.38. The molecule has 2 aromatic rings.